The standard InChI is InChI=1S/C15H22N2O/c1-3-9-17(4-2)15(18)14-11-16-10-12-7-5-6-8-13(12)14/h5-8,14,16H,3-4,9-11H2,1-2H3. The van der Waals surface area contributed by atoms with E-state index in [1.165, 1.54) is 11.1 Å². The van der Waals surface area contributed by atoms with Crippen LogP contribution < -0.4 is 5.32 Å². The van der Waals surface area contributed by atoms with Gasteiger partial charge in [-0.2, -0.15) is 0 Å². The van der Waals surface area contributed by atoms with Crippen molar-refractivity contribution in [1.82, 2.24) is 10.2 Å². The van der Waals surface area contributed by atoms with Crippen molar-refractivity contribution in [3.05, 3.63) is 35.4 Å². The Bertz CT molecular complexity index is 417. The van der Waals surface area contributed by atoms with Crippen molar-refractivity contribution < 1.29 is 4.79 Å². The molecule has 1 heterocycles. The summed E-state index contributed by atoms with van der Waals surface area (Å²) in [7, 11) is 0. The van der Waals surface area contributed by atoms with Crippen LogP contribution in [0.5, 0.6) is 0 Å². The zero-order valence-electron chi connectivity index (χ0n) is 11.3. The zero-order chi connectivity index (χ0) is 13.0. The Labute approximate surface area is 109 Å². The Kier molecular flexibility index (Phi) is 4.37. The maximum absolute atomic E-state index is 12.6. The number of rotatable bonds is 4. The highest BCUT2D eigenvalue weighted by molar-refractivity contribution is 5.84. The van der Waals surface area contributed by atoms with Gasteiger partial charge in [0.05, 0.1) is 5.92 Å². The van der Waals surface area contributed by atoms with Gasteiger partial charge in [0.1, 0.15) is 0 Å². The monoisotopic (exact) mass is 246 g/mol. The molecule has 1 aliphatic heterocycles. The molecule has 0 fully saturated rings. The number of hydrogen-bond donors (Lipinski definition) is 1. The van der Waals surface area contributed by atoms with Gasteiger partial charge in [-0.05, 0) is 24.5 Å². The lowest BCUT2D eigenvalue weighted by molar-refractivity contribution is -0.132. The first-order valence-corrected chi connectivity index (χ1v) is 6.85. The Morgan fingerprint density at radius 2 is 2.17 bits per heavy atom. The van der Waals surface area contributed by atoms with E-state index in [0.717, 1.165) is 32.6 Å². The molecule has 0 aromatic heterocycles. The van der Waals surface area contributed by atoms with Gasteiger partial charge >= 0.3 is 0 Å². The third kappa shape index (κ3) is 2.56. The quantitative estimate of drug-likeness (QED) is 0.882. The Balaban J connectivity index is 2.21. The van der Waals surface area contributed by atoms with Crippen LogP contribution >= 0.6 is 0 Å². The van der Waals surface area contributed by atoms with Crippen LogP contribution in [0.1, 0.15) is 37.3 Å². The third-order valence-corrected chi connectivity index (χ3v) is 3.58. The molecule has 0 aliphatic carbocycles. The minimum atomic E-state index is -0.0125. The van der Waals surface area contributed by atoms with Gasteiger partial charge in [-0.3, -0.25) is 4.79 Å². The van der Waals surface area contributed by atoms with E-state index >= 15 is 0 Å². The number of carbonyl (C=O) groups is 1. The van der Waals surface area contributed by atoms with Crippen molar-refractivity contribution in [2.45, 2.75) is 32.7 Å². The molecule has 18 heavy (non-hydrogen) atoms. The summed E-state index contributed by atoms with van der Waals surface area (Å²) in [5.74, 6) is 0.250. The average Bonchev–Trinajstić information content (AvgIpc) is 2.43. The van der Waals surface area contributed by atoms with Gasteiger partial charge in [-0.15, -0.1) is 0 Å². The fourth-order valence-electron chi connectivity index (χ4n) is 2.63. The highest BCUT2D eigenvalue weighted by atomic mass is 16.2. The molecule has 98 valence electrons. The third-order valence-electron chi connectivity index (χ3n) is 3.58. The largest absolute Gasteiger partial charge is 0.342 e. The van der Waals surface area contributed by atoms with E-state index in [-0.39, 0.29) is 11.8 Å². The number of carbonyl (C=O) groups excluding carboxylic acids is 1. The molecule has 1 aromatic carbocycles. The second kappa shape index (κ2) is 6.01. The summed E-state index contributed by atoms with van der Waals surface area (Å²) in [5.41, 5.74) is 2.46. The van der Waals surface area contributed by atoms with Crippen LogP contribution in [0.25, 0.3) is 0 Å². The molecule has 0 spiro atoms. The predicted molar refractivity (Wildman–Crippen MR) is 73.4 cm³/mol. The number of likely N-dealkylation sites (N-methyl/N-ethyl adjacent to an activating group) is 1. The van der Waals surface area contributed by atoms with Gasteiger partial charge in [-0.25, -0.2) is 0 Å². The van der Waals surface area contributed by atoms with Crippen molar-refractivity contribution in [3.8, 4) is 0 Å². The lowest BCUT2D eigenvalue weighted by Gasteiger charge is -2.30. The summed E-state index contributed by atoms with van der Waals surface area (Å²) in [4.78, 5) is 14.5. The maximum Gasteiger partial charge on any atom is 0.231 e. The van der Waals surface area contributed by atoms with Gasteiger partial charge in [0, 0.05) is 26.2 Å². The summed E-state index contributed by atoms with van der Waals surface area (Å²) < 4.78 is 0. The van der Waals surface area contributed by atoms with Crippen LogP contribution in [-0.2, 0) is 11.3 Å². The summed E-state index contributed by atoms with van der Waals surface area (Å²) in [5, 5.41) is 3.35. The number of nitrogens with zero attached hydrogens (tertiary/aromatic N) is 1. The minimum absolute atomic E-state index is 0.0125. The normalized spacial score (nSPS) is 18.2. The van der Waals surface area contributed by atoms with Gasteiger partial charge in [0.2, 0.25) is 5.91 Å². The highest BCUT2D eigenvalue weighted by Gasteiger charge is 2.28. The van der Waals surface area contributed by atoms with E-state index in [4.69, 9.17) is 0 Å². The number of hydrogen-bond acceptors (Lipinski definition) is 2. The molecule has 0 saturated carbocycles. The Morgan fingerprint density at radius 1 is 1.39 bits per heavy atom. The van der Waals surface area contributed by atoms with Gasteiger partial charge < -0.3 is 10.2 Å². The van der Waals surface area contributed by atoms with E-state index in [1.807, 2.05) is 17.0 Å². The van der Waals surface area contributed by atoms with Crippen molar-refractivity contribution in [2.75, 3.05) is 19.6 Å². The van der Waals surface area contributed by atoms with E-state index in [2.05, 4.69) is 31.3 Å². The topological polar surface area (TPSA) is 32.3 Å². The van der Waals surface area contributed by atoms with Gasteiger partial charge in [0.25, 0.3) is 0 Å². The summed E-state index contributed by atoms with van der Waals surface area (Å²) in [6.45, 7) is 7.45. The average molecular weight is 246 g/mol. The molecular weight excluding hydrogens is 224 g/mol. The lowest BCUT2D eigenvalue weighted by atomic mass is 9.90. The molecule has 0 bridgehead atoms. The summed E-state index contributed by atoms with van der Waals surface area (Å²) in [6, 6.07) is 8.27. The Hall–Kier alpha value is -1.35. The first kappa shape index (κ1) is 13.1. The second-order valence-electron chi connectivity index (χ2n) is 4.80. The highest BCUT2D eigenvalue weighted by Crippen LogP contribution is 2.25. The molecule has 1 aromatic rings. The zero-order valence-corrected chi connectivity index (χ0v) is 11.3. The predicted octanol–water partition coefficient (Wildman–Crippen LogP) is 2.13. The van der Waals surface area contributed by atoms with Crippen LogP contribution in [0, 0.1) is 0 Å². The Morgan fingerprint density at radius 3 is 2.89 bits per heavy atom. The molecule has 1 aliphatic rings. The molecule has 1 atom stereocenters. The molecular formula is C15H22N2O. The first-order valence-electron chi connectivity index (χ1n) is 6.85. The fourth-order valence-corrected chi connectivity index (χ4v) is 2.63. The van der Waals surface area contributed by atoms with Crippen LogP contribution in [0.15, 0.2) is 24.3 Å². The van der Waals surface area contributed by atoms with Crippen molar-refractivity contribution in [1.29, 1.82) is 0 Å². The summed E-state index contributed by atoms with van der Waals surface area (Å²) >= 11 is 0. The van der Waals surface area contributed by atoms with E-state index in [1.54, 1.807) is 0 Å². The van der Waals surface area contributed by atoms with Gasteiger partial charge in [0.15, 0.2) is 0 Å². The smallest absolute Gasteiger partial charge is 0.231 e. The van der Waals surface area contributed by atoms with Crippen LogP contribution in [0.2, 0.25) is 0 Å². The van der Waals surface area contributed by atoms with Crippen LogP contribution in [0.3, 0.4) is 0 Å². The molecule has 1 unspecified atom stereocenters. The molecule has 3 nitrogen and oxygen atoms in total. The van der Waals surface area contributed by atoms with Crippen molar-refractivity contribution in [3.63, 3.8) is 0 Å². The number of fused-ring (bicyclic) bond motifs is 1. The fraction of sp³-hybridized carbons (Fsp3) is 0.533. The molecule has 1 N–H and O–H groups in total. The van der Waals surface area contributed by atoms with Crippen molar-refractivity contribution in [2.24, 2.45) is 0 Å². The van der Waals surface area contributed by atoms with Crippen LogP contribution in [-0.4, -0.2) is 30.4 Å². The van der Waals surface area contributed by atoms with E-state index < -0.39 is 0 Å². The SMILES string of the molecule is CCCN(CC)C(=O)C1CNCc2ccccc21. The first-order chi connectivity index (χ1) is 8.77. The second-order valence-corrected chi connectivity index (χ2v) is 4.80. The van der Waals surface area contributed by atoms with Crippen molar-refractivity contribution >= 4 is 5.91 Å². The van der Waals surface area contributed by atoms with E-state index in [9.17, 15) is 4.79 Å². The molecule has 0 saturated heterocycles. The molecule has 3 heteroatoms. The molecule has 0 radical (unpaired) electrons. The number of benzene rings is 1. The maximum atomic E-state index is 12.6. The number of nitrogens with one attached hydrogen (secondary N) is 1. The molecule has 1 amide bonds. The number of amides is 1. The minimum Gasteiger partial charge on any atom is -0.342 e. The van der Waals surface area contributed by atoms with Gasteiger partial charge in [-0.1, -0.05) is 31.2 Å². The van der Waals surface area contributed by atoms with E-state index in [0.29, 0.717) is 0 Å². The lowest BCUT2D eigenvalue weighted by Crippen LogP contribution is -2.41. The molecule has 2 rings (SSSR count). The van der Waals surface area contributed by atoms with Crippen LogP contribution in [0.4, 0.5) is 0 Å². The summed E-state index contributed by atoms with van der Waals surface area (Å²) in [6.07, 6.45) is 1.02.